The van der Waals surface area contributed by atoms with Crippen LogP contribution < -0.4 is 14.8 Å². The van der Waals surface area contributed by atoms with Crippen molar-refractivity contribution in [1.29, 1.82) is 0 Å². The molecule has 0 fully saturated rings. The average Bonchev–Trinajstić information content (AvgIpc) is 3.37. The Bertz CT molecular complexity index is 937. The van der Waals surface area contributed by atoms with E-state index in [-0.39, 0.29) is 5.69 Å². The molecule has 1 aromatic carbocycles. The molecule has 0 bridgehead atoms. The zero-order valence-electron chi connectivity index (χ0n) is 14.6. The van der Waals surface area contributed by atoms with Crippen LogP contribution in [0.5, 0.6) is 11.5 Å². The molecule has 2 heterocycles. The molecule has 0 spiro atoms. The van der Waals surface area contributed by atoms with Gasteiger partial charge in [-0.05, 0) is 23.6 Å². The number of hydrogen-bond donors (Lipinski definition) is 1. The molecule has 0 aliphatic rings. The number of thiazole rings is 1. The number of benzene rings is 1. The van der Waals surface area contributed by atoms with Crippen LogP contribution in [0.4, 0.5) is 5.69 Å². The van der Waals surface area contributed by atoms with Crippen molar-refractivity contribution in [3.8, 4) is 21.4 Å². The molecule has 140 valence electrons. The summed E-state index contributed by atoms with van der Waals surface area (Å²) in [6.45, 7) is -0.418. The van der Waals surface area contributed by atoms with E-state index in [1.54, 1.807) is 23.6 Å². The summed E-state index contributed by atoms with van der Waals surface area (Å²) in [6, 6.07) is 8.79. The highest BCUT2D eigenvalue weighted by atomic mass is 32.1. The molecule has 9 heteroatoms. The molecule has 0 aliphatic carbocycles. The minimum Gasteiger partial charge on any atom is -0.493 e. The summed E-state index contributed by atoms with van der Waals surface area (Å²) in [5, 5.41) is 6.93. The Morgan fingerprint density at radius 3 is 2.63 bits per heavy atom. The van der Waals surface area contributed by atoms with Gasteiger partial charge in [0.2, 0.25) is 0 Å². The lowest BCUT2D eigenvalue weighted by Crippen LogP contribution is -2.21. The first-order valence-corrected chi connectivity index (χ1v) is 9.55. The number of esters is 1. The quantitative estimate of drug-likeness (QED) is 0.605. The number of hydrogen-bond acceptors (Lipinski definition) is 8. The largest absolute Gasteiger partial charge is 0.493 e. The van der Waals surface area contributed by atoms with E-state index < -0.39 is 18.5 Å². The Labute approximate surface area is 163 Å². The molecular formula is C18H16N2O5S2. The van der Waals surface area contributed by atoms with Crippen molar-refractivity contribution in [1.82, 2.24) is 4.98 Å². The van der Waals surface area contributed by atoms with Gasteiger partial charge in [0.25, 0.3) is 5.91 Å². The van der Waals surface area contributed by atoms with E-state index in [1.807, 2.05) is 17.5 Å². The maximum Gasteiger partial charge on any atom is 0.358 e. The molecule has 0 saturated carbocycles. The third-order valence-corrected chi connectivity index (χ3v) is 5.33. The van der Waals surface area contributed by atoms with Crippen LogP contribution in [0, 0.1) is 0 Å². The number of nitrogens with zero attached hydrogens (tertiary/aromatic N) is 1. The van der Waals surface area contributed by atoms with Crippen LogP contribution in [0.15, 0.2) is 41.1 Å². The summed E-state index contributed by atoms with van der Waals surface area (Å²) in [4.78, 5) is 29.3. The van der Waals surface area contributed by atoms with Crippen LogP contribution in [0.1, 0.15) is 10.5 Å². The minimum absolute atomic E-state index is 0.183. The number of thiophene rings is 1. The lowest BCUT2D eigenvalue weighted by atomic mass is 10.2. The second-order valence-electron chi connectivity index (χ2n) is 5.21. The van der Waals surface area contributed by atoms with Crippen LogP contribution >= 0.6 is 22.7 Å². The van der Waals surface area contributed by atoms with Crippen molar-refractivity contribution in [3.63, 3.8) is 0 Å². The fourth-order valence-electron chi connectivity index (χ4n) is 2.20. The molecule has 0 saturated heterocycles. The van der Waals surface area contributed by atoms with E-state index in [9.17, 15) is 9.59 Å². The highest BCUT2D eigenvalue weighted by Gasteiger charge is 2.16. The lowest BCUT2D eigenvalue weighted by Gasteiger charge is -2.10. The van der Waals surface area contributed by atoms with Crippen molar-refractivity contribution in [2.75, 3.05) is 26.1 Å². The van der Waals surface area contributed by atoms with E-state index in [1.165, 1.54) is 36.9 Å². The standard InChI is InChI=1S/C18H16N2O5S2/c1-23-13-6-5-11(8-14(13)24-2)19-16(21)9-25-18(22)12-10-27-17(20-12)15-4-3-7-26-15/h3-8,10H,9H2,1-2H3,(H,19,21). The Morgan fingerprint density at radius 2 is 1.93 bits per heavy atom. The van der Waals surface area contributed by atoms with Gasteiger partial charge in [-0.2, -0.15) is 0 Å². The van der Waals surface area contributed by atoms with Gasteiger partial charge in [0.1, 0.15) is 5.01 Å². The van der Waals surface area contributed by atoms with Gasteiger partial charge in [-0.15, -0.1) is 22.7 Å². The Hall–Kier alpha value is -2.91. The first-order valence-electron chi connectivity index (χ1n) is 7.79. The molecule has 0 radical (unpaired) electrons. The third kappa shape index (κ3) is 4.63. The summed E-state index contributed by atoms with van der Waals surface area (Å²) >= 11 is 2.89. The van der Waals surface area contributed by atoms with Gasteiger partial charge in [0.05, 0.1) is 19.1 Å². The summed E-state index contributed by atoms with van der Waals surface area (Å²) in [7, 11) is 3.03. The second-order valence-corrected chi connectivity index (χ2v) is 7.02. The second kappa shape index (κ2) is 8.65. The molecule has 1 N–H and O–H groups in total. The van der Waals surface area contributed by atoms with Gasteiger partial charge >= 0.3 is 5.97 Å². The highest BCUT2D eigenvalue weighted by Crippen LogP contribution is 2.30. The smallest absolute Gasteiger partial charge is 0.358 e. The molecule has 2 aromatic heterocycles. The van der Waals surface area contributed by atoms with Crippen LogP contribution in [0.25, 0.3) is 9.88 Å². The van der Waals surface area contributed by atoms with Crippen LogP contribution in [-0.2, 0) is 9.53 Å². The zero-order valence-corrected chi connectivity index (χ0v) is 16.2. The van der Waals surface area contributed by atoms with Gasteiger partial charge in [0.15, 0.2) is 23.8 Å². The fourth-order valence-corrected chi connectivity index (χ4v) is 3.80. The molecule has 0 atom stereocenters. The van der Waals surface area contributed by atoms with E-state index in [0.29, 0.717) is 17.2 Å². The van der Waals surface area contributed by atoms with Crippen molar-refractivity contribution < 1.29 is 23.8 Å². The van der Waals surface area contributed by atoms with Gasteiger partial charge in [-0.1, -0.05) is 6.07 Å². The van der Waals surface area contributed by atoms with Crippen LogP contribution in [-0.4, -0.2) is 37.7 Å². The van der Waals surface area contributed by atoms with Crippen molar-refractivity contribution in [3.05, 3.63) is 46.8 Å². The molecule has 3 rings (SSSR count). The van der Waals surface area contributed by atoms with Gasteiger partial charge in [-0.25, -0.2) is 9.78 Å². The monoisotopic (exact) mass is 404 g/mol. The SMILES string of the molecule is COc1ccc(NC(=O)COC(=O)c2csc(-c3cccs3)n2)cc1OC. The molecule has 0 aliphatic heterocycles. The predicted octanol–water partition coefficient (Wildman–Crippen LogP) is 3.68. The minimum atomic E-state index is -0.642. The van der Waals surface area contributed by atoms with Gasteiger partial charge in [0, 0.05) is 17.1 Å². The highest BCUT2D eigenvalue weighted by molar-refractivity contribution is 7.20. The molecule has 3 aromatic rings. The van der Waals surface area contributed by atoms with Crippen molar-refractivity contribution in [2.45, 2.75) is 0 Å². The average molecular weight is 404 g/mol. The van der Waals surface area contributed by atoms with Gasteiger partial charge in [-0.3, -0.25) is 4.79 Å². The predicted molar refractivity (Wildman–Crippen MR) is 104 cm³/mol. The van der Waals surface area contributed by atoms with Gasteiger partial charge < -0.3 is 19.5 Å². The summed E-state index contributed by atoms with van der Waals surface area (Å²) < 4.78 is 15.4. The first-order chi connectivity index (χ1) is 13.1. The number of aromatic nitrogens is 1. The fraction of sp³-hybridized carbons (Fsp3) is 0.167. The third-order valence-electron chi connectivity index (χ3n) is 3.45. The van der Waals surface area contributed by atoms with E-state index in [4.69, 9.17) is 14.2 Å². The maximum absolute atomic E-state index is 12.1. The molecule has 7 nitrogen and oxygen atoms in total. The Morgan fingerprint density at radius 1 is 1.11 bits per heavy atom. The maximum atomic E-state index is 12.1. The van der Waals surface area contributed by atoms with E-state index in [2.05, 4.69) is 10.3 Å². The number of ether oxygens (including phenoxy) is 3. The normalized spacial score (nSPS) is 10.3. The number of methoxy groups -OCH3 is 2. The van der Waals surface area contributed by atoms with Crippen molar-refractivity contribution >= 4 is 40.2 Å². The number of amides is 1. The number of nitrogens with one attached hydrogen (secondary N) is 1. The zero-order chi connectivity index (χ0) is 19.2. The Kier molecular flexibility index (Phi) is 6.05. The first kappa shape index (κ1) is 18.9. The number of carbonyl (C=O) groups excluding carboxylic acids is 2. The van der Waals surface area contributed by atoms with Crippen LogP contribution in [0.3, 0.4) is 0 Å². The lowest BCUT2D eigenvalue weighted by molar-refractivity contribution is -0.119. The number of rotatable bonds is 7. The topological polar surface area (TPSA) is 86.8 Å². The summed E-state index contributed by atoms with van der Waals surface area (Å²) in [5.74, 6) is -0.0799. The molecule has 0 unspecified atom stereocenters. The van der Waals surface area contributed by atoms with Crippen LogP contribution in [0.2, 0.25) is 0 Å². The van der Waals surface area contributed by atoms with E-state index in [0.717, 1.165) is 9.88 Å². The number of anilines is 1. The molecular weight excluding hydrogens is 388 g/mol. The van der Waals surface area contributed by atoms with E-state index >= 15 is 0 Å². The summed E-state index contributed by atoms with van der Waals surface area (Å²) in [5.41, 5.74) is 0.685. The van der Waals surface area contributed by atoms with Crippen molar-refractivity contribution in [2.24, 2.45) is 0 Å². The molecule has 27 heavy (non-hydrogen) atoms. The number of carbonyl (C=O) groups is 2. The molecule has 1 amide bonds. The Balaban J connectivity index is 1.55. The summed E-state index contributed by atoms with van der Waals surface area (Å²) in [6.07, 6.45) is 0.